The fraction of sp³-hybridized carbons (Fsp3) is 0.250. The third kappa shape index (κ3) is 3.59. The van der Waals surface area contributed by atoms with E-state index in [0.717, 1.165) is 11.3 Å². The summed E-state index contributed by atoms with van der Waals surface area (Å²) < 4.78 is 4.89. The molecule has 1 heteroatoms. The Kier molecular flexibility index (Phi) is 3.52. The molecule has 0 unspecified atom stereocenters. The highest BCUT2D eigenvalue weighted by atomic mass is 16.5. The molecule has 50 valence electrons. The highest BCUT2D eigenvalue weighted by Crippen LogP contribution is 2.00. The van der Waals surface area contributed by atoms with Crippen LogP contribution in [0.4, 0.5) is 0 Å². The lowest BCUT2D eigenvalue weighted by atomic mass is 10.3. The molecule has 0 aromatic heterocycles. The molecule has 1 nitrogen and oxygen atoms in total. The van der Waals surface area contributed by atoms with Gasteiger partial charge in [0.25, 0.3) is 0 Å². The minimum Gasteiger partial charge on any atom is -0.497 e. The molecule has 0 saturated carbocycles. The van der Waals surface area contributed by atoms with Gasteiger partial charge in [0.05, 0.1) is 7.11 Å². The molecule has 0 fully saturated rings. The summed E-state index contributed by atoms with van der Waals surface area (Å²) in [6.45, 7) is 9.14. The summed E-state index contributed by atoms with van der Waals surface area (Å²) in [7, 11) is 1.61. The molecule has 0 aliphatic rings. The van der Waals surface area contributed by atoms with E-state index in [-0.39, 0.29) is 0 Å². The average Bonchev–Trinajstić information content (AvgIpc) is 1.82. The monoisotopic (exact) mass is 124 g/mol. The Labute approximate surface area is 56.3 Å². The van der Waals surface area contributed by atoms with E-state index < -0.39 is 0 Å². The quantitative estimate of drug-likeness (QED) is 0.414. The van der Waals surface area contributed by atoms with Crippen LogP contribution in [0, 0.1) is 0 Å². The van der Waals surface area contributed by atoms with Crippen LogP contribution in [0.1, 0.15) is 6.92 Å². The van der Waals surface area contributed by atoms with Crippen LogP contribution in [0.5, 0.6) is 0 Å². The first kappa shape index (κ1) is 8.02. The predicted molar refractivity (Wildman–Crippen MR) is 40.1 cm³/mol. The van der Waals surface area contributed by atoms with Crippen LogP contribution in [-0.2, 0) is 4.74 Å². The van der Waals surface area contributed by atoms with Gasteiger partial charge in [0.2, 0.25) is 0 Å². The largest absolute Gasteiger partial charge is 0.497 e. The van der Waals surface area contributed by atoms with Crippen LogP contribution in [0.3, 0.4) is 0 Å². The van der Waals surface area contributed by atoms with Crippen LogP contribution in [-0.4, -0.2) is 7.11 Å². The summed E-state index contributed by atoms with van der Waals surface area (Å²) in [6, 6.07) is 0. The van der Waals surface area contributed by atoms with E-state index in [0.29, 0.717) is 0 Å². The van der Waals surface area contributed by atoms with E-state index in [1.807, 2.05) is 13.0 Å². The van der Waals surface area contributed by atoms with E-state index >= 15 is 0 Å². The van der Waals surface area contributed by atoms with E-state index in [1.54, 1.807) is 13.2 Å². The molecule has 0 N–H and O–H groups in total. The van der Waals surface area contributed by atoms with Gasteiger partial charge in [0.1, 0.15) is 5.76 Å². The summed E-state index contributed by atoms with van der Waals surface area (Å²) in [6.07, 6.45) is 3.47. The number of hydrogen-bond donors (Lipinski definition) is 0. The maximum atomic E-state index is 4.89. The molecular formula is C8H12O. The van der Waals surface area contributed by atoms with Crippen LogP contribution < -0.4 is 0 Å². The first-order valence-corrected chi connectivity index (χ1v) is 2.74. The first-order chi connectivity index (χ1) is 4.20. The van der Waals surface area contributed by atoms with Crippen molar-refractivity contribution in [1.82, 2.24) is 0 Å². The Balaban J connectivity index is 4.07. The van der Waals surface area contributed by atoms with Gasteiger partial charge in [-0.2, -0.15) is 0 Å². The van der Waals surface area contributed by atoms with Crippen LogP contribution in [0.15, 0.2) is 36.6 Å². The van der Waals surface area contributed by atoms with Gasteiger partial charge in [-0.3, -0.25) is 0 Å². The molecule has 0 aromatic carbocycles. The molecule has 0 atom stereocenters. The van der Waals surface area contributed by atoms with Crippen molar-refractivity contribution in [3.05, 3.63) is 36.6 Å². The summed E-state index contributed by atoms with van der Waals surface area (Å²) in [5.74, 6) is 0.752. The zero-order valence-corrected chi connectivity index (χ0v) is 5.98. The topological polar surface area (TPSA) is 9.23 Å². The normalized spacial score (nSPS) is 10.7. The van der Waals surface area contributed by atoms with Crippen molar-refractivity contribution in [3.63, 3.8) is 0 Å². The average molecular weight is 124 g/mol. The van der Waals surface area contributed by atoms with E-state index in [2.05, 4.69) is 13.2 Å². The molecule has 0 amide bonds. The maximum absolute atomic E-state index is 4.89. The molecule has 0 aromatic rings. The lowest BCUT2D eigenvalue weighted by Crippen LogP contribution is -1.80. The van der Waals surface area contributed by atoms with Gasteiger partial charge in [0.15, 0.2) is 0 Å². The summed E-state index contributed by atoms with van der Waals surface area (Å²) in [4.78, 5) is 0. The fourth-order valence-corrected chi connectivity index (χ4v) is 0.444. The van der Waals surface area contributed by atoms with Crippen molar-refractivity contribution in [2.75, 3.05) is 7.11 Å². The number of allylic oxidation sites excluding steroid dienone is 3. The van der Waals surface area contributed by atoms with Crippen molar-refractivity contribution in [3.8, 4) is 0 Å². The smallest absolute Gasteiger partial charge is 0.118 e. The van der Waals surface area contributed by atoms with Crippen LogP contribution in [0.2, 0.25) is 0 Å². The molecule has 0 saturated heterocycles. The number of hydrogen-bond acceptors (Lipinski definition) is 1. The Morgan fingerprint density at radius 1 is 1.56 bits per heavy atom. The number of ether oxygens (including phenoxy) is 1. The Morgan fingerprint density at radius 3 is 2.22 bits per heavy atom. The van der Waals surface area contributed by atoms with Gasteiger partial charge in [-0.05, 0) is 19.1 Å². The minimum atomic E-state index is 0.752. The van der Waals surface area contributed by atoms with Crippen molar-refractivity contribution < 1.29 is 4.74 Å². The molecule has 0 rings (SSSR count). The lowest BCUT2D eigenvalue weighted by Gasteiger charge is -1.97. The second kappa shape index (κ2) is 3.96. The lowest BCUT2D eigenvalue weighted by molar-refractivity contribution is 0.307. The third-order valence-corrected chi connectivity index (χ3v) is 0.826. The van der Waals surface area contributed by atoms with Gasteiger partial charge in [-0.15, -0.1) is 0 Å². The van der Waals surface area contributed by atoms with Crippen molar-refractivity contribution >= 4 is 0 Å². The zero-order valence-electron chi connectivity index (χ0n) is 5.98. The highest BCUT2D eigenvalue weighted by molar-refractivity contribution is 5.21. The molecule has 0 spiro atoms. The standard InChI is InChI=1S/C8H12O/c1-5-8(9-4)6-7(2)3/h5-6H,1-2H2,3-4H3/b8-6+. The van der Waals surface area contributed by atoms with Gasteiger partial charge in [-0.25, -0.2) is 0 Å². The third-order valence-electron chi connectivity index (χ3n) is 0.826. The second-order valence-electron chi connectivity index (χ2n) is 1.80. The molecule has 0 radical (unpaired) electrons. The SMILES string of the molecule is C=C/C(=C\C(=C)C)OC. The van der Waals surface area contributed by atoms with E-state index in [9.17, 15) is 0 Å². The van der Waals surface area contributed by atoms with Crippen LogP contribution >= 0.6 is 0 Å². The minimum absolute atomic E-state index is 0.752. The van der Waals surface area contributed by atoms with E-state index in [4.69, 9.17) is 4.74 Å². The van der Waals surface area contributed by atoms with Gasteiger partial charge >= 0.3 is 0 Å². The van der Waals surface area contributed by atoms with Crippen molar-refractivity contribution in [2.45, 2.75) is 6.92 Å². The fourth-order valence-electron chi connectivity index (χ4n) is 0.444. The predicted octanol–water partition coefficient (Wildman–Crippen LogP) is 2.28. The van der Waals surface area contributed by atoms with Gasteiger partial charge in [0, 0.05) is 0 Å². The zero-order chi connectivity index (χ0) is 7.28. The second-order valence-corrected chi connectivity index (χ2v) is 1.80. The summed E-state index contributed by atoms with van der Waals surface area (Å²) in [5.41, 5.74) is 0.965. The molecule has 9 heavy (non-hydrogen) atoms. The number of rotatable bonds is 3. The maximum Gasteiger partial charge on any atom is 0.118 e. The Hall–Kier alpha value is -0.980. The van der Waals surface area contributed by atoms with E-state index in [1.165, 1.54) is 0 Å². The molecule has 0 bridgehead atoms. The Morgan fingerprint density at radius 2 is 2.11 bits per heavy atom. The molecule has 0 heterocycles. The molecule has 0 aliphatic carbocycles. The van der Waals surface area contributed by atoms with Gasteiger partial charge in [-0.1, -0.05) is 18.7 Å². The first-order valence-electron chi connectivity index (χ1n) is 2.74. The van der Waals surface area contributed by atoms with Gasteiger partial charge < -0.3 is 4.74 Å². The van der Waals surface area contributed by atoms with Crippen LogP contribution in [0.25, 0.3) is 0 Å². The van der Waals surface area contributed by atoms with Crippen molar-refractivity contribution in [2.24, 2.45) is 0 Å². The molecular weight excluding hydrogens is 112 g/mol. The summed E-state index contributed by atoms with van der Waals surface area (Å²) >= 11 is 0. The highest BCUT2D eigenvalue weighted by Gasteiger charge is 1.84. The number of methoxy groups -OCH3 is 1. The molecule has 0 aliphatic heterocycles. The Bertz CT molecular complexity index is 143. The van der Waals surface area contributed by atoms with Crippen molar-refractivity contribution in [1.29, 1.82) is 0 Å². The summed E-state index contributed by atoms with van der Waals surface area (Å²) in [5, 5.41) is 0.